The quantitative estimate of drug-likeness (QED) is 0.193. The molecule has 9 nitrogen and oxygen atoms in total. The van der Waals surface area contributed by atoms with Gasteiger partial charge in [-0.05, 0) is 61.7 Å². The van der Waals surface area contributed by atoms with E-state index in [0.717, 1.165) is 22.7 Å². The van der Waals surface area contributed by atoms with E-state index in [9.17, 15) is 18.0 Å². The minimum atomic E-state index is -4.30. The summed E-state index contributed by atoms with van der Waals surface area (Å²) in [6.45, 7) is 5.48. The number of sulfonamides is 1. The van der Waals surface area contributed by atoms with Gasteiger partial charge in [0, 0.05) is 19.2 Å². The largest absolute Gasteiger partial charge is 0.497 e. The fourth-order valence-electron chi connectivity index (χ4n) is 4.60. The van der Waals surface area contributed by atoms with Crippen LogP contribution in [0, 0.1) is 6.92 Å². The number of methoxy groups -OCH3 is 2. The summed E-state index contributed by atoms with van der Waals surface area (Å²) < 4.78 is 40.3. The SMILES string of the molecule is CCCCNC(=O)C(CC)N(Cc1ccc(Cl)c(Cl)c1)C(=O)CN(c1cc(OC)ccc1OC)S(=O)(=O)c1ccc(C)cc1. The highest BCUT2D eigenvalue weighted by molar-refractivity contribution is 7.92. The number of benzene rings is 3. The second-order valence-electron chi connectivity index (χ2n) is 10.2. The number of carbonyl (C=O) groups excluding carboxylic acids is 2. The standard InChI is InChI=1S/C32H39Cl2N3O6S/c1-6-8-17-35-32(39)28(7-2)36(20-23-11-15-26(33)27(34)18-23)31(38)21-37(29-19-24(42-4)12-16-30(29)43-5)44(40,41)25-13-9-22(3)10-14-25/h9-16,18-19,28H,6-8,17,20-21H2,1-5H3,(H,35,39). The first-order chi connectivity index (χ1) is 21.0. The predicted molar refractivity (Wildman–Crippen MR) is 174 cm³/mol. The zero-order chi connectivity index (χ0) is 32.4. The van der Waals surface area contributed by atoms with Gasteiger partial charge in [-0.25, -0.2) is 8.42 Å². The third-order valence-corrected chi connectivity index (χ3v) is 9.61. The number of unbranched alkanes of at least 4 members (excludes halogenated alkanes) is 1. The Balaban J connectivity index is 2.14. The molecule has 1 atom stereocenters. The average Bonchev–Trinajstić information content (AvgIpc) is 3.01. The van der Waals surface area contributed by atoms with Crippen molar-refractivity contribution in [2.75, 3.05) is 31.6 Å². The van der Waals surface area contributed by atoms with Crippen molar-refractivity contribution in [3.05, 3.63) is 81.8 Å². The van der Waals surface area contributed by atoms with Gasteiger partial charge >= 0.3 is 0 Å². The molecule has 3 rings (SSSR count). The van der Waals surface area contributed by atoms with Crippen molar-refractivity contribution < 1.29 is 27.5 Å². The first-order valence-electron chi connectivity index (χ1n) is 14.3. The number of rotatable bonds is 15. The summed E-state index contributed by atoms with van der Waals surface area (Å²) in [5, 5.41) is 3.55. The summed E-state index contributed by atoms with van der Waals surface area (Å²) in [5.74, 6) is -0.350. The van der Waals surface area contributed by atoms with E-state index < -0.39 is 28.5 Å². The molecular formula is C32H39Cl2N3O6S. The highest BCUT2D eigenvalue weighted by atomic mass is 35.5. The highest BCUT2D eigenvalue weighted by Crippen LogP contribution is 2.36. The molecule has 1 N–H and O–H groups in total. The molecule has 0 radical (unpaired) electrons. The molecule has 0 bridgehead atoms. The molecule has 0 saturated heterocycles. The Morgan fingerprint density at radius 2 is 1.64 bits per heavy atom. The summed E-state index contributed by atoms with van der Waals surface area (Å²) >= 11 is 12.4. The molecular weight excluding hydrogens is 625 g/mol. The first-order valence-corrected chi connectivity index (χ1v) is 16.5. The lowest BCUT2D eigenvalue weighted by atomic mass is 10.1. The van der Waals surface area contributed by atoms with Crippen LogP contribution >= 0.6 is 23.2 Å². The van der Waals surface area contributed by atoms with Gasteiger partial charge in [-0.2, -0.15) is 0 Å². The van der Waals surface area contributed by atoms with E-state index in [-0.39, 0.29) is 35.2 Å². The Morgan fingerprint density at radius 3 is 2.23 bits per heavy atom. The Labute approximate surface area is 270 Å². The van der Waals surface area contributed by atoms with Gasteiger partial charge in [0.15, 0.2) is 0 Å². The molecule has 0 heterocycles. The maximum absolute atomic E-state index is 14.3. The van der Waals surface area contributed by atoms with Crippen LogP contribution in [0.1, 0.15) is 44.2 Å². The van der Waals surface area contributed by atoms with Crippen molar-refractivity contribution in [3.8, 4) is 11.5 Å². The third-order valence-electron chi connectivity index (χ3n) is 7.09. The average molecular weight is 665 g/mol. The molecule has 0 aliphatic rings. The molecule has 44 heavy (non-hydrogen) atoms. The van der Waals surface area contributed by atoms with Crippen LogP contribution in [-0.4, -0.2) is 58.5 Å². The molecule has 3 aromatic carbocycles. The predicted octanol–water partition coefficient (Wildman–Crippen LogP) is 6.24. The Kier molecular flexibility index (Phi) is 12.7. The summed E-state index contributed by atoms with van der Waals surface area (Å²) in [6.07, 6.45) is 1.95. The summed E-state index contributed by atoms with van der Waals surface area (Å²) in [4.78, 5) is 29.1. The summed E-state index contributed by atoms with van der Waals surface area (Å²) in [5.41, 5.74) is 1.60. The molecule has 238 valence electrons. The Morgan fingerprint density at radius 1 is 0.932 bits per heavy atom. The van der Waals surface area contributed by atoms with E-state index in [1.165, 1.54) is 37.3 Å². The zero-order valence-corrected chi connectivity index (χ0v) is 27.9. The van der Waals surface area contributed by atoms with Crippen LogP contribution in [0.4, 0.5) is 5.69 Å². The number of aryl methyl sites for hydroxylation is 1. The molecule has 12 heteroatoms. The number of anilines is 1. The van der Waals surface area contributed by atoms with Crippen molar-refractivity contribution in [1.29, 1.82) is 0 Å². The van der Waals surface area contributed by atoms with Gasteiger partial charge in [0.1, 0.15) is 24.1 Å². The molecule has 2 amide bonds. The van der Waals surface area contributed by atoms with Gasteiger partial charge in [-0.3, -0.25) is 13.9 Å². The van der Waals surface area contributed by atoms with Crippen LogP contribution in [0.3, 0.4) is 0 Å². The molecule has 3 aromatic rings. The molecule has 0 fully saturated rings. The number of hydrogen-bond acceptors (Lipinski definition) is 6. The van der Waals surface area contributed by atoms with Crippen LogP contribution in [-0.2, 0) is 26.2 Å². The van der Waals surface area contributed by atoms with Gasteiger partial charge < -0.3 is 19.7 Å². The fourth-order valence-corrected chi connectivity index (χ4v) is 6.34. The van der Waals surface area contributed by atoms with Crippen molar-refractivity contribution in [3.63, 3.8) is 0 Å². The van der Waals surface area contributed by atoms with Crippen LogP contribution in [0.5, 0.6) is 11.5 Å². The van der Waals surface area contributed by atoms with Crippen LogP contribution in [0.2, 0.25) is 10.0 Å². The summed E-state index contributed by atoms with van der Waals surface area (Å²) in [6, 6.07) is 15.1. The number of nitrogens with zero attached hydrogens (tertiary/aromatic N) is 2. The Hall–Kier alpha value is -3.47. The van der Waals surface area contributed by atoms with Crippen molar-refractivity contribution in [2.24, 2.45) is 0 Å². The minimum absolute atomic E-state index is 0.0108. The second kappa shape index (κ2) is 16.0. The number of nitrogens with one attached hydrogen (secondary N) is 1. The van der Waals surface area contributed by atoms with Crippen molar-refractivity contribution in [2.45, 2.75) is 57.5 Å². The van der Waals surface area contributed by atoms with Crippen LogP contribution in [0.25, 0.3) is 0 Å². The van der Waals surface area contributed by atoms with E-state index in [1.807, 2.05) is 13.8 Å². The maximum Gasteiger partial charge on any atom is 0.264 e. The van der Waals surface area contributed by atoms with Gasteiger partial charge in [0.2, 0.25) is 11.8 Å². The van der Waals surface area contributed by atoms with Crippen molar-refractivity contribution in [1.82, 2.24) is 10.2 Å². The molecule has 0 aliphatic heterocycles. The smallest absolute Gasteiger partial charge is 0.264 e. The first kappa shape index (κ1) is 35.0. The number of hydrogen-bond donors (Lipinski definition) is 1. The van der Waals surface area contributed by atoms with Crippen LogP contribution in [0.15, 0.2) is 65.6 Å². The van der Waals surface area contributed by atoms with Gasteiger partial charge in [-0.15, -0.1) is 0 Å². The van der Waals surface area contributed by atoms with Crippen molar-refractivity contribution >= 4 is 50.7 Å². The number of amides is 2. The third kappa shape index (κ3) is 8.58. The van der Waals surface area contributed by atoms with Crippen LogP contribution < -0.4 is 19.1 Å². The Bertz CT molecular complexity index is 1550. The van der Waals surface area contributed by atoms with E-state index in [2.05, 4.69) is 5.32 Å². The van der Waals surface area contributed by atoms with E-state index in [4.69, 9.17) is 32.7 Å². The fraction of sp³-hybridized carbons (Fsp3) is 0.375. The zero-order valence-electron chi connectivity index (χ0n) is 25.6. The monoisotopic (exact) mass is 663 g/mol. The molecule has 1 unspecified atom stereocenters. The van der Waals surface area contributed by atoms with Gasteiger partial charge in [0.05, 0.1) is 34.8 Å². The number of halogens is 2. The van der Waals surface area contributed by atoms with E-state index in [1.54, 1.807) is 49.4 Å². The van der Waals surface area contributed by atoms with E-state index in [0.29, 0.717) is 27.9 Å². The van der Waals surface area contributed by atoms with Gasteiger partial charge in [0.25, 0.3) is 10.0 Å². The molecule has 0 aromatic heterocycles. The second-order valence-corrected chi connectivity index (χ2v) is 12.9. The minimum Gasteiger partial charge on any atom is -0.497 e. The van der Waals surface area contributed by atoms with E-state index >= 15 is 0 Å². The summed E-state index contributed by atoms with van der Waals surface area (Å²) in [7, 11) is -1.43. The lowest BCUT2D eigenvalue weighted by Gasteiger charge is -2.33. The maximum atomic E-state index is 14.3. The lowest BCUT2D eigenvalue weighted by Crippen LogP contribution is -2.52. The lowest BCUT2D eigenvalue weighted by molar-refractivity contribution is -0.140. The molecule has 0 spiro atoms. The molecule has 0 saturated carbocycles. The molecule has 0 aliphatic carbocycles. The topological polar surface area (TPSA) is 105 Å². The highest BCUT2D eigenvalue weighted by Gasteiger charge is 2.35. The number of carbonyl (C=O) groups is 2. The normalized spacial score (nSPS) is 11.9. The number of ether oxygens (including phenoxy) is 2. The van der Waals surface area contributed by atoms with Gasteiger partial charge in [-0.1, -0.05) is 67.2 Å².